The van der Waals surface area contributed by atoms with Crippen LogP contribution in [0.3, 0.4) is 0 Å². The molecule has 0 aromatic heterocycles. The second-order valence-corrected chi connectivity index (χ2v) is 4.89. The van der Waals surface area contributed by atoms with Gasteiger partial charge in [-0.15, -0.1) is 0 Å². The van der Waals surface area contributed by atoms with Crippen molar-refractivity contribution < 1.29 is 18.0 Å². The molecule has 0 radical (unpaired) electrons. The third-order valence-corrected chi connectivity index (χ3v) is 3.14. The van der Waals surface area contributed by atoms with Crippen LogP contribution in [0, 0.1) is 0 Å². The number of nitrogens with one attached hydrogen (secondary N) is 2. The zero-order chi connectivity index (χ0) is 14.0. The second kappa shape index (κ2) is 5.28. The summed E-state index contributed by atoms with van der Waals surface area (Å²) < 4.78 is 37.7. The molecule has 3 nitrogen and oxygen atoms in total. The molecule has 7 heteroatoms. The summed E-state index contributed by atoms with van der Waals surface area (Å²) in [5.41, 5.74) is -0.865. The van der Waals surface area contributed by atoms with Crippen molar-refractivity contribution in [1.29, 1.82) is 0 Å². The van der Waals surface area contributed by atoms with E-state index >= 15 is 0 Å². The average molecular weight is 293 g/mol. The number of benzene rings is 1. The van der Waals surface area contributed by atoms with Gasteiger partial charge >= 0.3 is 12.2 Å². The summed E-state index contributed by atoms with van der Waals surface area (Å²) in [7, 11) is 0. The Balaban J connectivity index is 2.06. The lowest BCUT2D eigenvalue weighted by atomic mass is 9.93. The largest absolute Gasteiger partial charge is 0.416 e. The van der Waals surface area contributed by atoms with E-state index in [0.717, 1.165) is 31.4 Å². The third-order valence-electron chi connectivity index (χ3n) is 2.92. The number of amides is 2. The lowest BCUT2D eigenvalue weighted by Crippen LogP contribution is -2.41. The minimum absolute atomic E-state index is 0.0247. The quantitative estimate of drug-likeness (QED) is 0.849. The highest BCUT2D eigenvalue weighted by Crippen LogP contribution is 2.33. The van der Waals surface area contributed by atoms with Crippen LogP contribution in [0.5, 0.6) is 0 Å². The molecule has 104 valence electrons. The van der Waals surface area contributed by atoms with Gasteiger partial charge in [0.25, 0.3) is 0 Å². The molecule has 1 aromatic rings. The van der Waals surface area contributed by atoms with E-state index in [2.05, 4.69) is 10.6 Å². The van der Waals surface area contributed by atoms with Crippen LogP contribution in [-0.4, -0.2) is 12.1 Å². The lowest BCUT2D eigenvalue weighted by Gasteiger charge is -2.26. The first-order chi connectivity index (χ1) is 8.84. The van der Waals surface area contributed by atoms with Crippen LogP contribution in [0.25, 0.3) is 0 Å². The van der Waals surface area contributed by atoms with Crippen LogP contribution in [0.2, 0.25) is 5.02 Å². The van der Waals surface area contributed by atoms with E-state index in [9.17, 15) is 18.0 Å². The Bertz CT molecular complexity index is 486. The molecule has 0 unspecified atom stereocenters. The molecule has 2 N–H and O–H groups in total. The van der Waals surface area contributed by atoms with Crippen molar-refractivity contribution in [3.63, 3.8) is 0 Å². The average Bonchev–Trinajstić information content (AvgIpc) is 2.21. The van der Waals surface area contributed by atoms with Crippen molar-refractivity contribution in [3.8, 4) is 0 Å². The number of carbonyl (C=O) groups is 1. The van der Waals surface area contributed by atoms with Gasteiger partial charge in [-0.2, -0.15) is 13.2 Å². The number of anilines is 1. The van der Waals surface area contributed by atoms with E-state index < -0.39 is 17.8 Å². The number of alkyl halides is 3. The zero-order valence-electron chi connectivity index (χ0n) is 9.85. The normalized spacial score (nSPS) is 15.8. The van der Waals surface area contributed by atoms with E-state index in [1.165, 1.54) is 6.07 Å². The summed E-state index contributed by atoms with van der Waals surface area (Å²) >= 11 is 5.61. The van der Waals surface area contributed by atoms with Crippen molar-refractivity contribution in [2.24, 2.45) is 0 Å². The number of carbonyl (C=O) groups excluding carboxylic acids is 1. The van der Waals surface area contributed by atoms with E-state index in [1.54, 1.807) is 0 Å². The van der Waals surface area contributed by atoms with Gasteiger partial charge in [0.15, 0.2) is 0 Å². The topological polar surface area (TPSA) is 41.1 Å². The number of urea groups is 1. The minimum Gasteiger partial charge on any atom is -0.335 e. The van der Waals surface area contributed by atoms with Crippen LogP contribution in [0.15, 0.2) is 18.2 Å². The summed E-state index contributed by atoms with van der Waals surface area (Å²) in [6, 6.07) is 2.54. The van der Waals surface area contributed by atoms with Gasteiger partial charge in [0.1, 0.15) is 0 Å². The number of rotatable bonds is 2. The highest BCUT2D eigenvalue weighted by Gasteiger charge is 2.31. The van der Waals surface area contributed by atoms with E-state index in [0.29, 0.717) is 0 Å². The summed E-state index contributed by atoms with van der Waals surface area (Å²) in [5, 5.41) is 4.95. The summed E-state index contributed by atoms with van der Waals surface area (Å²) in [5.74, 6) is 0. The summed E-state index contributed by atoms with van der Waals surface area (Å²) in [6.07, 6.45) is -1.64. The Hall–Kier alpha value is -1.43. The molecule has 2 rings (SSSR count). The Morgan fingerprint density at radius 3 is 2.47 bits per heavy atom. The van der Waals surface area contributed by atoms with Crippen molar-refractivity contribution in [3.05, 3.63) is 28.8 Å². The molecule has 0 heterocycles. The van der Waals surface area contributed by atoms with E-state index in [1.807, 2.05) is 0 Å². The molecule has 1 aliphatic rings. The van der Waals surface area contributed by atoms with E-state index in [-0.39, 0.29) is 16.8 Å². The summed E-state index contributed by atoms with van der Waals surface area (Å²) in [6.45, 7) is 0. The maximum atomic E-state index is 12.6. The van der Waals surface area contributed by atoms with Gasteiger partial charge in [0.05, 0.1) is 5.56 Å². The molecule has 0 atom stereocenters. The van der Waals surface area contributed by atoms with Crippen LogP contribution in [0.1, 0.15) is 24.8 Å². The van der Waals surface area contributed by atoms with Crippen molar-refractivity contribution in [2.75, 3.05) is 5.32 Å². The first kappa shape index (κ1) is 14.0. The highest BCUT2D eigenvalue weighted by atomic mass is 35.5. The van der Waals surface area contributed by atoms with Crippen LogP contribution in [-0.2, 0) is 6.18 Å². The predicted octanol–water partition coefficient (Wildman–Crippen LogP) is 4.03. The maximum Gasteiger partial charge on any atom is 0.416 e. The van der Waals surface area contributed by atoms with Crippen LogP contribution in [0.4, 0.5) is 23.7 Å². The third kappa shape index (κ3) is 3.76. The van der Waals surface area contributed by atoms with Gasteiger partial charge in [-0.05, 0) is 37.5 Å². The molecule has 0 saturated heterocycles. The molecule has 1 fully saturated rings. The molecule has 0 spiro atoms. The number of halogens is 4. The predicted molar refractivity (Wildman–Crippen MR) is 66.2 cm³/mol. The monoisotopic (exact) mass is 292 g/mol. The molecular weight excluding hydrogens is 281 g/mol. The Morgan fingerprint density at radius 2 is 1.95 bits per heavy atom. The summed E-state index contributed by atoms with van der Waals surface area (Å²) in [4.78, 5) is 11.5. The molecule has 19 heavy (non-hydrogen) atoms. The van der Waals surface area contributed by atoms with Crippen LogP contribution >= 0.6 is 11.6 Å². The van der Waals surface area contributed by atoms with E-state index in [4.69, 9.17) is 11.6 Å². The Kier molecular flexibility index (Phi) is 3.89. The van der Waals surface area contributed by atoms with Gasteiger partial charge in [0, 0.05) is 16.8 Å². The first-order valence-electron chi connectivity index (χ1n) is 5.80. The molecule has 1 aliphatic carbocycles. The smallest absolute Gasteiger partial charge is 0.335 e. The molecule has 0 aliphatic heterocycles. The van der Waals surface area contributed by atoms with Crippen molar-refractivity contribution in [1.82, 2.24) is 5.32 Å². The van der Waals surface area contributed by atoms with Gasteiger partial charge in [-0.1, -0.05) is 11.6 Å². The zero-order valence-corrected chi connectivity index (χ0v) is 10.6. The first-order valence-corrected chi connectivity index (χ1v) is 6.18. The second-order valence-electron chi connectivity index (χ2n) is 4.45. The lowest BCUT2D eigenvalue weighted by molar-refractivity contribution is -0.137. The fraction of sp³-hybridized carbons (Fsp3) is 0.417. The van der Waals surface area contributed by atoms with Gasteiger partial charge in [-0.25, -0.2) is 4.79 Å². The van der Waals surface area contributed by atoms with Gasteiger partial charge in [-0.3, -0.25) is 0 Å². The van der Waals surface area contributed by atoms with Crippen molar-refractivity contribution >= 4 is 23.3 Å². The fourth-order valence-corrected chi connectivity index (χ4v) is 1.97. The van der Waals surface area contributed by atoms with Gasteiger partial charge < -0.3 is 10.6 Å². The Labute approximate surface area is 113 Å². The SMILES string of the molecule is O=C(Nc1cc(Cl)cc(C(F)(F)F)c1)NC1CCC1. The molecule has 0 bridgehead atoms. The molecule has 1 saturated carbocycles. The molecular formula is C12H12ClF3N2O. The molecule has 1 aromatic carbocycles. The Morgan fingerprint density at radius 1 is 1.26 bits per heavy atom. The van der Waals surface area contributed by atoms with Gasteiger partial charge in [0.2, 0.25) is 0 Å². The fourth-order valence-electron chi connectivity index (χ4n) is 1.73. The highest BCUT2D eigenvalue weighted by molar-refractivity contribution is 6.31. The molecule has 2 amide bonds. The maximum absolute atomic E-state index is 12.6. The number of hydrogen-bond acceptors (Lipinski definition) is 1. The standard InChI is InChI=1S/C12H12ClF3N2O/c13-8-4-7(12(14,15)16)5-10(6-8)18-11(19)17-9-2-1-3-9/h4-6,9H,1-3H2,(H2,17,18,19). The number of hydrogen-bond donors (Lipinski definition) is 2. The minimum atomic E-state index is -4.49. The van der Waals surface area contributed by atoms with Crippen molar-refractivity contribution in [2.45, 2.75) is 31.5 Å². The van der Waals surface area contributed by atoms with Crippen LogP contribution < -0.4 is 10.6 Å².